The molecule has 3 nitrogen and oxygen atoms in total. The van der Waals surface area contributed by atoms with Gasteiger partial charge in [-0.25, -0.2) is 9.97 Å². The lowest BCUT2D eigenvalue weighted by atomic mass is 10.1. The van der Waals surface area contributed by atoms with Crippen LogP contribution < -0.4 is 0 Å². The molecule has 0 bridgehead atoms. The van der Waals surface area contributed by atoms with Crippen molar-refractivity contribution >= 4 is 11.6 Å². The van der Waals surface area contributed by atoms with Crippen LogP contribution in [-0.4, -0.2) is 15.0 Å². The molecule has 2 heterocycles. The van der Waals surface area contributed by atoms with Crippen LogP contribution in [0.4, 0.5) is 0 Å². The number of rotatable bonds is 2. The zero-order chi connectivity index (χ0) is 11.5. The predicted octanol–water partition coefficient (Wildman–Crippen LogP) is 3.32. The van der Waals surface area contributed by atoms with Crippen molar-refractivity contribution in [2.45, 2.75) is 19.8 Å². The van der Waals surface area contributed by atoms with Crippen molar-refractivity contribution in [1.82, 2.24) is 15.0 Å². The van der Waals surface area contributed by atoms with Gasteiger partial charge in [0, 0.05) is 29.7 Å². The summed E-state index contributed by atoms with van der Waals surface area (Å²) in [5.74, 6) is 0.943. The van der Waals surface area contributed by atoms with Gasteiger partial charge in [-0.15, -0.1) is 0 Å². The van der Waals surface area contributed by atoms with Gasteiger partial charge in [0.1, 0.15) is 5.15 Å². The predicted molar refractivity (Wildman–Crippen MR) is 64.4 cm³/mol. The average Bonchev–Trinajstić information content (AvgIpc) is 2.29. The molecular weight excluding hydrogens is 222 g/mol. The summed E-state index contributed by atoms with van der Waals surface area (Å²) in [4.78, 5) is 12.6. The molecule has 0 aliphatic heterocycles. The first-order chi connectivity index (χ1) is 7.68. The summed E-state index contributed by atoms with van der Waals surface area (Å²) in [6.45, 7) is 4.13. The third-order valence-corrected chi connectivity index (χ3v) is 2.61. The van der Waals surface area contributed by atoms with Crippen molar-refractivity contribution in [1.29, 1.82) is 0 Å². The highest BCUT2D eigenvalue weighted by Crippen LogP contribution is 2.23. The summed E-state index contributed by atoms with van der Waals surface area (Å²) in [7, 11) is 0. The Morgan fingerprint density at radius 3 is 2.62 bits per heavy atom. The highest BCUT2D eigenvalue weighted by atomic mass is 35.5. The van der Waals surface area contributed by atoms with Crippen molar-refractivity contribution in [3.63, 3.8) is 0 Å². The maximum absolute atomic E-state index is 6.10. The van der Waals surface area contributed by atoms with E-state index in [4.69, 9.17) is 11.6 Å². The minimum atomic E-state index is 0.329. The Balaban J connectivity index is 2.43. The van der Waals surface area contributed by atoms with E-state index in [0.29, 0.717) is 16.9 Å². The minimum Gasteiger partial charge on any atom is -0.264 e. The van der Waals surface area contributed by atoms with Crippen LogP contribution in [0.15, 0.2) is 30.7 Å². The number of hydrogen-bond donors (Lipinski definition) is 0. The molecule has 0 saturated carbocycles. The van der Waals surface area contributed by atoms with Crippen LogP contribution in [0.5, 0.6) is 0 Å². The molecule has 2 aromatic heterocycles. The molecule has 0 saturated heterocycles. The Hall–Kier alpha value is -1.48. The Kier molecular flexibility index (Phi) is 3.15. The number of pyridine rings is 1. The fourth-order valence-electron chi connectivity index (χ4n) is 1.39. The lowest BCUT2D eigenvalue weighted by Gasteiger charge is -2.07. The standard InChI is InChI=1S/C12H12ClN3/c1-8(2)10-7-15-12(16-11(10)13)9-4-3-5-14-6-9/h3-8H,1-2H3. The molecular formula is C12H12ClN3. The summed E-state index contributed by atoms with van der Waals surface area (Å²) in [5, 5.41) is 0.517. The Morgan fingerprint density at radius 1 is 1.25 bits per heavy atom. The van der Waals surface area contributed by atoms with Crippen molar-refractivity contribution < 1.29 is 0 Å². The first-order valence-electron chi connectivity index (χ1n) is 5.11. The highest BCUT2D eigenvalue weighted by Gasteiger charge is 2.09. The summed E-state index contributed by atoms with van der Waals surface area (Å²) < 4.78 is 0. The lowest BCUT2D eigenvalue weighted by Crippen LogP contribution is -1.96. The molecule has 0 spiro atoms. The van der Waals surface area contributed by atoms with Gasteiger partial charge in [-0.2, -0.15) is 0 Å². The fraction of sp³-hybridized carbons (Fsp3) is 0.250. The first-order valence-corrected chi connectivity index (χ1v) is 5.49. The van der Waals surface area contributed by atoms with E-state index >= 15 is 0 Å². The molecule has 2 aromatic rings. The second-order valence-electron chi connectivity index (χ2n) is 3.84. The van der Waals surface area contributed by atoms with E-state index in [1.807, 2.05) is 12.1 Å². The van der Waals surface area contributed by atoms with Gasteiger partial charge in [-0.1, -0.05) is 25.4 Å². The topological polar surface area (TPSA) is 38.7 Å². The first kappa shape index (κ1) is 11.0. The minimum absolute atomic E-state index is 0.329. The van der Waals surface area contributed by atoms with E-state index in [1.165, 1.54) is 0 Å². The molecule has 0 atom stereocenters. The fourth-order valence-corrected chi connectivity index (χ4v) is 1.74. The summed E-state index contributed by atoms with van der Waals surface area (Å²) in [6.07, 6.45) is 5.22. The summed E-state index contributed by atoms with van der Waals surface area (Å²) >= 11 is 6.10. The van der Waals surface area contributed by atoms with Crippen LogP contribution in [0.1, 0.15) is 25.3 Å². The van der Waals surface area contributed by atoms with Crippen LogP contribution in [0.25, 0.3) is 11.4 Å². The van der Waals surface area contributed by atoms with Crippen LogP contribution in [0.2, 0.25) is 5.15 Å². The quantitative estimate of drug-likeness (QED) is 0.747. The molecule has 16 heavy (non-hydrogen) atoms. The van der Waals surface area contributed by atoms with Gasteiger partial charge < -0.3 is 0 Å². The number of halogens is 1. The molecule has 2 rings (SSSR count). The third kappa shape index (κ3) is 2.19. The maximum Gasteiger partial charge on any atom is 0.162 e. The van der Waals surface area contributed by atoms with Crippen LogP contribution in [0.3, 0.4) is 0 Å². The maximum atomic E-state index is 6.10. The molecule has 0 radical (unpaired) electrons. The van der Waals surface area contributed by atoms with E-state index < -0.39 is 0 Å². The summed E-state index contributed by atoms with van der Waals surface area (Å²) in [6, 6.07) is 3.76. The average molecular weight is 234 g/mol. The second kappa shape index (κ2) is 4.58. The smallest absolute Gasteiger partial charge is 0.162 e. The van der Waals surface area contributed by atoms with Gasteiger partial charge in [-0.3, -0.25) is 4.98 Å². The van der Waals surface area contributed by atoms with Crippen molar-refractivity contribution in [2.75, 3.05) is 0 Å². The van der Waals surface area contributed by atoms with Crippen molar-refractivity contribution in [2.24, 2.45) is 0 Å². The van der Waals surface area contributed by atoms with Gasteiger partial charge in [0.05, 0.1) is 0 Å². The van der Waals surface area contributed by atoms with Crippen molar-refractivity contribution in [3.05, 3.63) is 41.4 Å². The monoisotopic (exact) mass is 233 g/mol. The Labute approximate surface area is 99.5 Å². The molecule has 0 unspecified atom stereocenters. The van der Waals surface area contributed by atoms with E-state index in [2.05, 4.69) is 28.8 Å². The number of aromatic nitrogens is 3. The van der Waals surface area contributed by atoms with Gasteiger partial charge in [0.2, 0.25) is 0 Å². The molecule has 0 aliphatic carbocycles. The molecule has 0 aromatic carbocycles. The van der Waals surface area contributed by atoms with Crippen LogP contribution in [-0.2, 0) is 0 Å². The van der Waals surface area contributed by atoms with Gasteiger partial charge in [0.15, 0.2) is 5.82 Å². The molecule has 0 amide bonds. The van der Waals surface area contributed by atoms with Crippen LogP contribution >= 0.6 is 11.6 Å². The van der Waals surface area contributed by atoms with E-state index in [0.717, 1.165) is 11.1 Å². The second-order valence-corrected chi connectivity index (χ2v) is 4.19. The largest absolute Gasteiger partial charge is 0.264 e. The normalized spacial score (nSPS) is 10.8. The summed E-state index contributed by atoms with van der Waals surface area (Å²) in [5.41, 5.74) is 1.84. The molecule has 0 N–H and O–H groups in total. The molecule has 82 valence electrons. The zero-order valence-electron chi connectivity index (χ0n) is 9.18. The zero-order valence-corrected chi connectivity index (χ0v) is 9.94. The molecule has 0 aliphatic rings. The number of hydrogen-bond acceptors (Lipinski definition) is 3. The highest BCUT2D eigenvalue weighted by molar-refractivity contribution is 6.30. The Bertz CT molecular complexity index is 483. The molecule has 0 fully saturated rings. The van der Waals surface area contributed by atoms with Gasteiger partial charge in [0.25, 0.3) is 0 Å². The van der Waals surface area contributed by atoms with E-state index in [9.17, 15) is 0 Å². The van der Waals surface area contributed by atoms with Gasteiger partial charge in [-0.05, 0) is 18.1 Å². The molecule has 4 heteroatoms. The SMILES string of the molecule is CC(C)c1cnc(-c2cccnc2)nc1Cl. The van der Waals surface area contributed by atoms with Gasteiger partial charge >= 0.3 is 0 Å². The lowest BCUT2D eigenvalue weighted by molar-refractivity contribution is 0.847. The Morgan fingerprint density at radius 2 is 2.06 bits per heavy atom. The van der Waals surface area contributed by atoms with E-state index in [1.54, 1.807) is 18.6 Å². The van der Waals surface area contributed by atoms with Crippen LogP contribution in [0, 0.1) is 0 Å². The third-order valence-electron chi connectivity index (χ3n) is 2.31. The van der Waals surface area contributed by atoms with Crippen molar-refractivity contribution in [3.8, 4) is 11.4 Å². The van der Waals surface area contributed by atoms with E-state index in [-0.39, 0.29) is 0 Å². The number of nitrogens with zero attached hydrogens (tertiary/aromatic N) is 3.